The van der Waals surface area contributed by atoms with E-state index < -0.39 is 0 Å². The number of ether oxygens (including phenoxy) is 2. The predicted octanol–water partition coefficient (Wildman–Crippen LogP) is 3.27. The summed E-state index contributed by atoms with van der Waals surface area (Å²) in [5, 5.41) is 28.1. The largest absolute Gasteiger partial charge is 0.502 e. The summed E-state index contributed by atoms with van der Waals surface area (Å²) in [4.78, 5) is 0. The second-order valence-electron chi connectivity index (χ2n) is 5.72. The van der Waals surface area contributed by atoms with Crippen LogP contribution in [0.4, 0.5) is 0 Å². The Morgan fingerprint density at radius 3 is 2.30 bits per heavy atom. The molecule has 7 nitrogen and oxygen atoms in total. The first kappa shape index (κ1) is 18.0. The highest BCUT2D eigenvalue weighted by atomic mass is 16.5. The van der Waals surface area contributed by atoms with Gasteiger partial charge in [-0.1, -0.05) is 30.3 Å². The third-order valence-corrected chi connectivity index (χ3v) is 4.08. The summed E-state index contributed by atoms with van der Waals surface area (Å²) in [6, 6.07) is 15.0. The van der Waals surface area contributed by atoms with E-state index in [0.29, 0.717) is 22.8 Å². The molecule has 1 heterocycles. The fourth-order valence-electron chi connectivity index (χ4n) is 2.71. The topological polar surface area (TPSA) is 93.2 Å². The summed E-state index contributed by atoms with van der Waals surface area (Å²) in [6.45, 7) is 0. The van der Waals surface area contributed by atoms with E-state index in [1.807, 2.05) is 30.3 Å². The van der Waals surface area contributed by atoms with Gasteiger partial charge in [-0.05, 0) is 23.8 Å². The summed E-state index contributed by atoms with van der Waals surface area (Å²) in [5.74, 6) is 1.50. The van der Waals surface area contributed by atoms with Crippen molar-refractivity contribution in [2.45, 2.75) is 0 Å². The Morgan fingerprint density at radius 2 is 1.74 bits per heavy atom. The van der Waals surface area contributed by atoms with Crippen molar-refractivity contribution in [3.05, 3.63) is 53.9 Å². The van der Waals surface area contributed by atoms with Gasteiger partial charge in [0, 0.05) is 12.6 Å². The van der Waals surface area contributed by atoms with Crippen LogP contribution in [0.5, 0.6) is 17.2 Å². The van der Waals surface area contributed by atoms with Crippen LogP contribution in [-0.4, -0.2) is 34.1 Å². The molecule has 2 aromatic carbocycles. The number of phenols is 1. The second kappa shape index (κ2) is 7.62. The number of hydrogen-bond donors (Lipinski definition) is 1. The first-order chi connectivity index (χ1) is 13.1. The molecular formula is C20H18N4O3. The number of aromatic nitrogens is 3. The van der Waals surface area contributed by atoms with E-state index >= 15 is 0 Å². The molecule has 27 heavy (non-hydrogen) atoms. The van der Waals surface area contributed by atoms with E-state index in [1.54, 1.807) is 29.8 Å². The van der Waals surface area contributed by atoms with Crippen LogP contribution in [0, 0.1) is 11.3 Å². The van der Waals surface area contributed by atoms with Crippen LogP contribution in [0.15, 0.2) is 42.5 Å². The number of methoxy groups -OCH3 is 2. The Labute approximate surface area is 156 Å². The number of benzene rings is 2. The van der Waals surface area contributed by atoms with Gasteiger partial charge < -0.3 is 19.1 Å². The van der Waals surface area contributed by atoms with E-state index in [0.717, 1.165) is 5.56 Å². The van der Waals surface area contributed by atoms with Crippen molar-refractivity contribution < 1.29 is 14.6 Å². The number of nitriles is 1. The maximum atomic E-state index is 10.0. The van der Waals surface area contributed by atoms with E-state index in [4.69, 9.17) is 9.47 Å². The lowest BCUT2D eigenvalue weighted by molar-refractivity contribution is 0.340. The second-order valence-corrected chi connectivity index (χ2v) is 5.72. The van der Waals surface area contributed by atoms with Gasteiger partial charge in [0.05, 0.1) is 19.8 Å². The van der Waals surface area contributed by atoms with E-state index in [1.165, 1.54) is 14.2 Å². The summed E-state index contributed by atoms with van der Waals surface area (Å²) in [7, 11) is 4.70. The first-order valence-electron chi connectivity index (χ1n) is 8.11. The van der Waals surface area contributed by atoms with Crippen LogP contribution in [0.1, 0.15) is 11.4 Å². The Hall–Kier alpha value is -3.79. The SMILES string of the molecule is COc1cc(/C=C(/C#N)c2nnc(-c3ccccc3)n2C)cc(OC)c1O. The van der Waals surface area contributed by atoms with Gasteiger partial charge in [0.1, 0.15) is 6.07 Å². The van der Waals surface area contributed by atoms with E-state index in [-0.39, 0.29) is 17.2 Å². The van der Waals surface area contributed by atoms with E-state index in [2.05, 4.69) is 16.3 Å². The normalized spacial score (nSPS) is 11.1. The molecule has 0 unspecified atom stereocenters. The van der Waals surface area contributed by atoms with Crippen molar-refractivity contribution in [2.24, 2.45) is 7.05 Å². The van der Waals surface area contributed by atoms with Crippen molar-refractivity contribution in [1.82, 2.24) is 14.8 Å². The molecular weight excluding hydrogens is 344 g/mol. The minimum Gasteiger partial charge on any atom is -0.502 e. The van der Waals surface area contributed by atoms with Gasteiger partial charge in [0.2, 0.25) is 5.75 Å². The highest BCUT2D eigenvalue weighted by molar-refractivity contribution is 5.88. The zero-order chi connectivity index (χ0) is 19.4. The van der Waals surface area contributed by atoms with Gasteiger partial charge >= 0.3 is 0 Å². The van der Waals surface area contributed by atoms with Crippen molar-refractivity contribution in [2.75, 3.05) is 14.2 Å². The number of nitrogens with zero attached hydrogens (tertiary/aromatic N) is 4. The van der Waals surface area contributed by atoms with Gasteiger partial charge in [-0.25, -0.2) is 0 Å². The highest BCUT2D eigenvalue weighted by Crippen LogP contribution is 2.38. The van der Waals surface area contributed by atoms with Crippen molar-refractivity contribution in [3.8, 4) is 34.7 Å². The van der Waals surface area contributed by atoms with Crippen LogP contribution in [0.3, 0.4) is 0 Å². The number of hydrogen-bond acceptors (Lipinski definition) is 6. The number of phenolic OH excluding ortho intramolecular Hbond substituents is 1. The molecule has 136 valence electrons. The van der Waals surface area contributed by atoms with Gasteiger partial charge in [0.15, 0.2) is 23.1 Å². The lowest BCUT2D eigenvalue weighted by Crippen LogP contribution is -1.98. The number of aromatic hydroxyl groups is 1. The Morgan fingerprint density at radius 1 is 1.11 bits per heavy atom. The number of rotatable bonds is 5. The molecule has 3 aromatic rings. The minimum atomic E-state index is -0.0966. The monoisotopic (exact) mass is 362 g/mol. The summed E-state index contributed by atoms with van der Waals surface area (Å²) in [6.07, 6.45) is 1.64. The third kappa shape index (κ3) is 3.46. The maximum absolute atomic E-state index is 10.0. The third-order valence-electron chi connectivity index (χ3n) is 4.08. The van der Waals surface area contributed by atoms with Gasteiger partial charge in [-0.3, -0.25) is 0 Å². The maximum Gasteiger partial charge on any atom is 0.200 e. The van der Waals surface area contributed by atoms with Gasteiger partial charge in [-0.15, -0.1) is 10.2 Å². The zero-order valence-electron chi connectivity index (χ0n) is 15.2. The van der Waals surface area contributed by atoms with Crippen LogP contribution >= 0.6 is 0 Å². The molecule has 0 atom stereocenters. The molecule has 1 aromatic heterocycles. The van der Waals surface area contributed by atoms with Crippen LogP contribution in [0.2, 0.25) is 0 Å². The molecule has 1 N–H and O–H groups in total. The molecule has 0 saturated carbocycles. The van der Waals surface area contributed by atoms with Gasteiger partial charge in [0.25, 0.3) is 0 Å². The number of allylic oxidation sites excluding steroid dienone is 1. The zero-order valence-corrected chi connectivity index (χ0v) is 15.2. The van der Waals surface area contributed by atoms with Crippen molar-refractivity contribution in [3.63, 3.8) is 0 Å². The Kier molecular flexibility index (Phi) is 5.08. The first-order valence-corrected chi connectivity index (χ1v) is 8.11. The molecule has 7 heteroatoms. The predicted molar refractivity (Wildman–Crippen MR) is 101 cm³/mol. The molecule has 0 aliphatic heterocycles. The average Bonchev–Trinajstić information content (AvgIpc) is 3.09. The van der Waals surface area contributed by atoms with Crippen molar-refractivity contribution in [1.29, 1.82) is 5.26 Å². The molecule has 0 fully saturated rings. The van der Waals surface area contributed by atoms with Gasteiger partial charge in [-0.2, -0.15) is 5.26 Å². The molecule has 3 rings (SSSR count). The van der Waals surface area contributed by atoms with Crippen molar-refractivity contribution >= 4 is 11.6 Å². The average molecular weight is 362 g/mol. The highest BCUT2D eigenvalue weighted by Gasteiger charge is 2.16. The molecule has 0 aliphatic carbocycles. The minimum absolute atomic E-state index is 0.0966. The lowest BCUT2D eigenvalue weighted by atomic mass is 10.1. The standard InChI is InChI=1S/C20H18N4O3/c1-24-19(14-7-5-4-6-8-14)22-23-20(24)15(12-21)9-13-10-16(26-2)18(25)17(11-13)27-3/h4-11,25H,1-3H3/b15-9-. The summed E-state index contributed by atoms with van der Waals surface area (Å²) in [5.41, 5.74) is 1.85. The van der Waals surface area contributed by atoms with Crippen LogP contribution in [0.25, 0.3) is 23.0 Å². The molecule has 0 bridgehead atoms. The molecule has 0 saturated heterocycles. The fourth-order valence-corrected chi connectivity index (χ4v) is 2.71. The molecule has 0 spiro atoms. The molecule has 0 amide bonds. The smallest absolute Gasteiger partial charge is 0.200 e. The van der Waals surface area contributed by atoms with Crippen LogP contribution < -0.4 is 9.47 Å². The Balaban J connectivity index is 2.07. The quantitative estimate of drug-likeness (QED) is 0.700. The summed E-state index contributed by atoms with van der Waals surface area (Å²) >= 11 is 0. The Bertz CT molecular complexity index is 1010. The molecule has 0 radical (unpaired) electrons. The summed E-state index contributed by atoms with van der Waals surface area (Å²) < 4.78 is 12.1. The fraction of sp³-hybridized carbons (Fsp3) is 0.150. The van der Waals surface area contributed by atoms with E-state index in [9.17, 15) is 10.4 Å². The lowest BCUT2D eigenvalue weighted by Gasteiger charge is -2.10. The van der Waals surface area contributed by atoms with Crippen LogP contribution in [-0.2, 0) is 7.05 Å². The molecule has 0 aliphatic rings.